The summed E-state index contributed by atoms with van der Waals surface area (Å²) in [6.45, 7) is 0.936. The average Bonchev–Trinajstić information content (AvgIpc) is 2.65. The van der Waals surface area contributed by atoms with Gasteiger partial charge in [0, 0.05) is 17.5 Å². The molecule has 0 saturated heterocycles. The quantitative estimate of drug-likeness (QED) is 0.796. The molecule has 0 atom stereocenters. The summed E-state index contributed by atoms with van der Waals surface area (Å²) in [6, 6.07) is 3.54. The molecule has 0 spiro atoms. The number of halogens is 1. The summed E-state index contributed by atoms with van der Waals surface area (Å²) in [5, 5.41) is 3.35. The monoisotopic (exact) mass is 225 g/mol. The van der Waals surface area contributed by atoms with Crippen LogP contribution in [0.25, 0.3) is 0 Å². The first-order valence-corrected chi connectivity index (χ1v) is 5.24. The molecule has 1 heterocycles. The Morgan fingerprint density at radius 2 is 2.40 bits per heavy atom. The van der Waals surface area contributed by atoms with E-state index in [9.17, 15) is 4.79 Å². The Morgan fingerprint density at radius 1 is 1.60 bits per heavy atom. The number of rotatable bonds is 3. The number of ether oxygens (including phenoxy) is 1. The van der Waals surface area contributed by atoms with E-state index < -0.39 is 0 Å². The molecule has 1 aromatic rings. The lowest BCUT2D eigenvalue weighted by molar-refractivity contribution is 0.0993. The summed E-state index contributed by atoms with van der Waals surface area (Å²) in [7, 11) is 1.74. The van der Waals surface area contributed by atoms with Gasteiger partial charge in [-0.1, -0.05) is 11.6 Å². The van der Waals surface area contributed by atoms with Crippen LogP contribution in [0.3, 0.4) is 0 Å². The van der Waals surface area contributed by atoms with E-state index in [1.165, 1.54) is 0 Å². The molecule has 2 rings (SSSR count). The predicted octanol–water partition coefficient (Wildman–Crippen LogP) is 1.68. The molecule has 4 heteroatoms. The Balaban J connectivity index is 2.45. The van der Waals surface area contributed by atoms with Gasteiger partial charge in [0.15, 0.2) is 5.78 Å². The molecular formula is C11H12ClNO2. The molecule has 0 amide bonds. The number of carbonyl (C=O) groups is 1. The van der Waals surface area contributed by atoms with Crippen molar-refractivity contribution in [2.24, 2.45) is 0 Å². The van der Waals surface area contributed by atoms with Crippen molar-refractivity contribution in [1.29, 1.82) is 0 Å². The minimum absolute atomic E-state index is 0.0184. The lowest BCUT2D eigenvalue weighted by Gasteiger charge is -2.07. The second-order valence-electron chi connectivity index (χ2n) is 3.45. The molecule has 1 N–H and O–H groups in total. The highest BCUT2D eigenvalue weighted by molar-refractivity contribution is 6.34. The largest absolute Gasteiger partial charge is 0.493 e. The number of benzene rings is 1. The van der Waals surface area contributed by atoms with E-state index in [4.69, 9.17) is 16.3 Å². The molecule has 3 nitrogen and oxygen atoms in total. The standard InChI is InChI=1S/C11H12ClNO2/c1-13-6-9(14)11-7-4-5-15-10(7)3-2-8(11)12/h2-3,13H,4-6H2,1H3. The highest BCUT2D eigenvalue weighted by Gasteiger charge is 2.22. The fraction of sp³-hybridized carbons (Fsp3) is 0.364. The molecule has 1 aromatic carbocycles. The van der Waals surface area contributed by atoms with Gasteiger partial charge in [0.25, 0.3) is 0 Å². The number of hydrogen-bond acceptors (Lipinski definition) is 3. The van der Waals surface area contributed by atoms with Crippen LogP contribution in [0.15, 0.2) is 12.1 Å². The van der Waals surface area contributed by atoms with Crippen molar-refractivity contribution in [3.8, 4) is 5.75 Å². The number of Topliss-reactive ketones (excluding diaryl/α,β-unsaturated/α-hetero) is 1. The van der Waals surface area contributed by atoms with Crippen molar-refractivity contribution in [2.75, 3.05) is 20.2 Å². The number of likely N-dealkylation sites (N-methyl/N-ethyl adjacent to an activating group) is 1. The van der Waals surface area contributed by atoms with E-state index >= 15 is 0 Å². The Labute approximate surface area is 93.4 Å². The third-order valence-corrected chi connectivity index (χ3v) is 2.76. The van der Waals surface area contributed by atoms with E-state index in [1.807, 2.05) is 6.07 Å². The molecule has 0 bridgehead atoms. The van der Waals surface area contributed by atoms with Gasteiger partial charge in [-0.05, 0) is 19.2 Å². The predicted molar refractivity (Wildman–Crippen MR) is 58.9 cm³/mol. The van der Waals surface area contributed by atoms with Crippen LogP contribution in [0.5, 0.6) is 5.75 Å². The number of nitrogens with one attached hydrogen (secondary N) is 1. The van der Waals surface area contributed by atoms with E-state index in [2.05, 4.69) is 5.32 Å². The van der Waals surface area contributed by atoms with Crippen molar-refractivity contribution in [1.82, 2.24) is 5.32 Å². The molecule has 0 unspecified atom stereocenters. The topological polar surface area (TPSA) is 38.3 Å². The van der Waals surface area contributed by atoms with E-state index in [0.29, 0.717) is 23.7 Å². The van der Waals surface area contributed by atoms with Crippen LogP contribution < -0.4 is 10.1 Å². The Bertz CT molecular complexity index is 404. The van der Waals surface area contributed by atoms with Crippen molar-refractivity contribution >= 4 is 17.4 Å². The molecule has 1 aliphatic rings. The minimum atomic E-state index is 0.0184. The Hall–Kier alpha value is -1.06. The van der Waals surface area contributed by atoms with Gasteiger partial charge in [-0.15, -0.1) is 0 Å². The van der Waals surface area contributed by atoms with Crippen LogP contribution in [0.2, 0.25) is 5.02 Å². The van der Waals surface area contributed by atoms with Crippen molar-refractivity contribution in [3.05, 3.63) is 28.3 Å². The summed E-state index contributed by atoms with van der Waals surface area (Å²) >= 11 is 6.03. The van der Waals surface area contributed by atoms with Gasteiger partial charge in [0.05, 0.1) is 18.2 Å². The van der Waals surface area contributed by atoms with E-state index in [0.717, 1.165) is 17.7 Å². The fourth-order valence-electron chi connectivity index (χ4n) is 1.80. The van der Waals surface area contributed by atoms with Gasteiger partial charge in [-0.3, -0.25) is 4.79 Å². The van der Waals surface area contributed by atoms with Gasteiger partial charge in [-0.2, -0.15) is 0 Å². The van der Waals surface area contributed by atoms with Gasteiger partial charge in [-0.25, -0.2) is 0 Å². The number of fused-ring (bicyclic) bond motifs is 1. The normalized spacial score (nSPS) is 13.5. The molecule has 0 radical (unpaired) electrons. The minimum Gasteiger partial charge on any atom is -0.493 e. The summed E-state index contributed by atoms with van der Waals surface area (Å²) in [5.41, 5.74) is 1.56. The zero-order chi connectivity index (χ0) is 10.8. The van der Waals surface area contributed by atoms with Crippen LogP contribution in [-0.2, 0) is 6.42 Å². The number of ketones is 1. The van der Waals surface area contributed by atoms with Crippen LogP contribution in [0.1, 0.15) is 15.9 Å². The van der Waals surface area contributed by atoms with Crippen molar-refractivity contribution < 1.29 is 9.53 Å². The zero-order valence-electron chi connectivity index (χ0n) is 8.47. The molecule has 0 aliphatic carbocycles. The Morgan fingerprint density at radius 3 is 3.13 bits per heavy atom. The van der Waals surface area contributed by atoms with Crippen LogP contribution in [0, 0.1) is 0 Å². The smallest absolute Gasteiger partial charge is 0.178 e. The third-order valence-electron chi connectivity index (χ3n) is 2.44. The molecule has 0 saturated carbocycles. The van der Waals surface area contributed by atoms with Crippen LogP contribution in [-0.4, -0.2) is 26.0 Å². The van der Waals surface area contributed by atoms with Gasteiger partial charge in [0.1, 0.15) is 5.75 Å². The van der Waals surface area contributed by atoms with Gasteiger partial charge in [0.2, 0.25) is 0 Å². The van der Waals surface area contributed by atoms with Crippen LogP contribution in [0.4, 0.5) is 0 Å². The first-order chi connectivity index (χ1) is 7.24. The first-order valence-electron chi connectivity index (χ1n) is 4.86. The van der Waals surface area contributed by atoms with Crippen LogP contribution >= 0.6 is 11.6 Å². The van der Waals surface area contributed by atoms with Gasteiger partial charge < -0.3 is 10.1 Å². The maximum atomic E-state index is 11.8. The number of hydrogen-bond donors (Lipinski definition) is 1. The van der Waals surface area contributed by atoms with Gasteiger partial charge >= 0.3 is 0 Å². The maximum Gasteiger partial charge on any atom is 0.178 e. The maximum absolute atomic E-state index is 11.8. The Kier molecular flexibility index (Phi) is 2.93. The zero-order valence-corrected chi connectivity index (χ0v) is 9.23. The highest BCUT2D eigenvalue weighted by Crippen LogP contribution is 2.33. The van der Waals surface area contributed by atoms with E-state index in [-0.39, 0.29) is 5.78 Å². The summed E-state index contributed by atoms with van der Waals surface area (Å²) in [5.74, 6) is 0.809. The lowest BCUT2D eigenvalue weighted by Crippen LogP contribution is -2.20. The van der Waals surface area contributed by atoms with Crippen molar-refractivity contribution in [3.63, 3.8) is 0 Å². The molecule has 0 fully saturated rings. The molecule has 15 heavy (non-hydrogen) atoms. The molecule has 80 valence electrons. The lowest BCUT2D eigenvalue weighted by atomic mass is 10.0. The SMILES string of the molecule is CNCC(=O)c1c(Cl)ccc2c1CCO2. The second kappa shape index (κ2) is 4.21. The first kappa shape index (κ1) is 10.5. The number of carbonyl (C=O) groups excluding carboxylic acids is 1. The average molecular weight is 226 g/mol. The fourth-order valence-corrected chi connectivity index (χ4v) is 2.08. The van der Waals surface area contributed by atoms with Crippen molar-refractivity contribution in [2.45, 2.75) is 6.42 Å². The highest BCUT2D eigenvalue weighted by atomic mass is 35.5. The molecule has 1 aliphatic heterocycles. The summed E-state index contributed by atoms with van der Waals surface area (Å²) in [4.78, 5) is 11.8. The second-order valence-corrected chi connectivity index (χ2v) is 3.86. The molecule has 0 aromatic heterocycles. The third kappa shape index (κ3) is 1.85. The summed E-state index contributed by atoms with van der Waals surface area (Å²) < 4.78 is 5.39. The van der Waals surface area contributed by atoms with E-state index in [1.54, 1.807) is 13.1 Å². The molecular weight excluding hydrogens is 214 g/mol. The summed E-state index contributed by atoms with van der Waals surface area (Å²) in [6.07, 6.45) is 0.765.